The first-order valence-corrected chi connectivity index (χ1v) is 8.68. The molecule has 2 aromatic carbocycles. The zero-order valence-corrected chi connectivity index (χ0v) is 16.0. The minimum Gasteiger partial charge on any atom is -0.491 e. The number of rotatable bonds is 6. The Balaban J connectivity index is 2.08. The number of hydrogen-bond donors (Lipinski definition) is 1. The molecule has 5 nitrogen and oxygen atoms in total. The Labute approximate surface area is 155 Å². The standard InChI is InChI=1S/C21H26N2O3/c1-14(2)26-19-10-8-18(9-11-19)22-21(25)13-23(17(5)24)20-12-15(3)6-7-16(20)4/h6-12,14H,13H2,1-5H3,(H,22,25). The highest BCUT2D eigenvalue weighted by atomic mass is 16.5. The number of anilines is 2. The van der Waals surface area contributed by atoms with Crippen LogP contribution in [0.5, 0.6) is 5.75 Å². The van der Waals surface area contributed by atoms with Crippen LogP contribution in [0.4, 0.5) is 11.4 Å². The van der Waals surface area contributed by atoms with E-state index in [0.717, 1.165) is 22.6 Å². The van der Waals surface area contributed by atoms with E-state index in [1.807, 2.05) is 58.0 Å². The molecule has 0 fully saturated rings. The number of benzene rings is 2. The van der Waals surface area contributed by atoms with Gasteiger partial charge in [0.15, 0.2) is 0 Å². The third kappa shape index (κ3) is 5.34. The molecule has 2 amide bonds. The van der Waals surface area contributed by atoms with Crippen molar-refractivity contribution < 1.29 is 14.3 Å². The van der Waals surface area contributed by atoms with Gasteiger partial charge >= 0.3 is 0 Å². The molecule has 0 aliphatic carbocycles. The molecule has 138 valence electrons. The fourth-order valence-corrected chi connectivity index (χ4v) is 2.61. The lowest BCUT2D eigenvalue weighted by Gasteiger charge is -2.23. The third-order valence-electron chi connectivity index (χ3n) is 3.85. The minimum absolute atomic E-state index is 0.0378. The lowest BCUT2D eigenvalue weighted by Crippen LogP contribution is -2.37. The van der Waals surface area contributed by atoms with E-state index in [1.54, 1.807) is 12.1 Å². The van der Waals surface area contributed by atoms with E-state index < -0.39 is 0 Å². The summed E-state index contributed by atoms with van der Waals surface area (Å²) < 4.78 is 5.59. The predicted octanol–water partition coefficient (Wildman–Crippen LogP) is 4.08. The molecule has 0 radical (unpaired) electrons. The number of nitrogens with one attached hydrogen (secondary N) is 1. The van der Waals surface area contributed by atoms with E-state index >= 15 is 0 Å². The quantitative estimate of drug-likeness (QED) is 0.850. The maximum Gasteiger partial charge on any atom is 0.244 e. The summed E-state index contributed by atoms with van der Waals surface area (Å²) in [5.41, 5.74) is 3.41. The molecule has 0 aliphatic rings. The summed E-state index contributed by atoms with van der Waals surface area (Å²) in [6.45, 7) is 9.23. The van der Waals surface area contributed by atoms with Crippen molar-refractivity contribution in [1.82, 2.24) is 0 Å². The van der Waals surface area contributed by atoms with E-state index in [0.29, 0.717) is 5.69 Å². The van der Waals surface area contributed by atoms with Gasteiger partial charge in [-0.05, 0) is 69.2 Å². The Kier molecular flexibility index (Phi) is 6.39. The number of carbonyl (C=O) groups excluding carboxylic acids is 2. The molecule has 1 N–H and O–H groups in total. The van der Waals surface area contributed by atoms with Crippen LogP contribution >= 0.6 is 0 Å². The van der Waals surface area contributed by atoms with E-state index in [2.05, 4.69) is 5.32 Å². The van der Waals surface area contributed by atoms with Crippen molar-refractivity contribution in [3.8, 4) is 5.75 Å². The van der Waals surface area contributed by atoms with Gasteiger partial charge in [0, 0.05) is 18.3 Å². The average molecular weight is 354 g/mol. The molecular formula is C21H26N2O3. The van der Waals surface area contributed by atoms with Crippen LogP contribution in [0.25, 0.3) is 0 Å². The van der Waals surface area contributed by atoms with E-state index in [4.69, 9.17) is 4.74 Å². The van der Waals surface area contributed by atoms with E-state index in [9.17, 15) is 9.59 Å². The number of aryl methyl sites for hydroxylation is 2. The smallest absolute Gasteiger partial charge is 0.244 e. The fraction of sp³-hybridized carbons (Fsp3) is 0.333. The van der Waals surface area contributed by atoms with Crippen molar-refractivity contribution in [3.63, 3.8) is 0 Å². The second-order valence-electron chi connectivity index (χ2n) is 6.63. The fourth-order valence-electron chi connectivity index (χ4n) is 2.61. The molecular weight excluding hydrogens is 328 g/mol. The second-order valence-corrected chi connectivity index (χ2v) is 6.63. The highest BCUT2D eigenvalue weighted by Gasteiger charge is 2.18. The zero-order valence-electron chi connectivity index (χ0n) is 16.0. The normalized spacial score (nSPS) is 10.5. The van der Waals surface area contributed by atoms with Crippen molar-refractivity contribution in [3.05, 3.63) is 53.6 Å². The minimum atomic E-state index is -0.251. The van der Waals surface area contributed by atoms with Gasteiger partial charge in [0.1, 0.15) is 12.3 Å². The average Bonchev–Trinajstić information content (AvgIpc) is 2.56. The number of ether oxygens (including phenoxy) is 1. The Morgan fingerprint density at radius 3 is 2.31 bits per heavy atom. The number of amides is 2. The first kappa shape index (κ1) is 19.5. The maximum atomic E-state index is 12.4. The van der Waals surface area contributed by atoms with Gasteiger partial charge in [-0.15, -0.1) is 0 Å². The van der Waals surface area contributed by atoms with Gasteiger partial charge in [-0.1, -0.05) is 12.1 Å². The lowest BCUT2D eigenvalue weighted by molar-refractivity contribution is -0.120. The molecule has 0 saturated carbocycles. The van der Waals surface area contributed by atoms with Crippen LogP contribution in [0.2, 0.25) is 0 Å². The highest BCUT2D eigenvalue weighted by molar-refractivity contribution is 6.02. The second kappa shape index (κ2) is 8.52. The first-order chi connectivity index (χ1) is 12.3. The van der Waals surface area contributed by atoms with E-state index in [1.165, 1.54) is 11.8 Å². The van der Waals surface area contributed by atoms with Crippen molar-refractivity contribution in [1.29, 1.82) is 0 Å². The summed E-state index contributed by atoms with van der Waals surface area (Å²) in [6.07, 6.45) is 0.0946. The first-order valence-electron chi connectivity index (χ1n) is 8.68. The van der Waals surface area contributed by atoms with Crippen molar-refractivity contribution in [2.45, 2.75) is 40.7 Å². The molecule has 26 heavy (non-hydrogen) atoms. The number of nitrogens with zero attached hydrogens (tertiary/aromatic N) is 1. The monoisotopic (exact) mass is 354 g/mol. The summed E-state index contributed by atoms with van der Waals surface area (Å²) in [6, 6.07) is 13.0. The van der Waals surface area contributed by atoms with Crippen molar-refractivity contribution in [2.75, 3.05) is 16.8 Å². The predicted molar refractivity (Wildman–Crippen MR) is 105 cm³/mol. The Morgan fingerprint density at radius 2 is 1.73 bits per heavy atom. The molecule has 2 aromatic rings. The van der Waals surface area contributed by atoms with Gasteiger partial charge in [0.2, 0.25) is 11.8 Å². The molecule has 0 aliphatic heterocycles. The van der Waals surface area contributed by atoms with Crippen LogP contribution in [0, 0.1) is 13.8 Å². The van der Waals surface area contributed by atoms with Gasteiger partial charge in [-0.3, -0.25) is 9.59 Å². The molecule has 2 rings (SSSR count). The van der Waals surface area contributed by atoms with Gasteiger partial charge in [0.25, 0.3) is 0 Å². The summed E-state index contributed by atoms with van der Waals surface area (Å²) in [7, 11) is 0. The Bertz CT molecular complexity index is 782. The van der Waals surface area contributed by atoms with Crippen LogP contribution in [-0.2, 0) is 9.59 Å². The molecule has 0 unspecified atom stereocenters. The summed E-state index contributed by atoms with van der Waals surface area (Å²) in [5.74, 6) is 0.326. The lowest BCUT2D eigenvalue weighted by atomic mass is 10.1. The molecule has 0 spiro atoms. The molecule has 0 saturated heterocycles. The Morgan fingerprint density at radius 1 is 1.08 bits per heavy atom. The van der Waals surface area contributed by atoms with Crippen LogP contribution in [0.3, 0.4) is 0 Å². The summed E-state index contributed by atoms with van der Waals surface area (Å²) >= 11 is 0. The van der Waals surface area contributed by atoms with Gasteiger partial charge in [-0.25, -0.2) is 0 Å². The van der Waals surface area contributed by atoms with Crippen LogP contribution in [0.15, 0.2) is 42.5 Å². The van der Waals surface area contributed by atoms with Crippen LogP contribution in [-0.4, -0.2) is 24.5 Å². The van der Waals surface area contributed by atoms with Crippen molar-refractivity contribution >= 4 is 23.2 Å². The molecule has 0 aromatic heterocycles. The van der Waals surface area contributed by atoms with E-state index in [-0.39, 0.29) is 24.5 Å². The van der Waals surface area contributed by atoms with Crippen LogP contribution < -0.4 is 15.0 Å². The van der Waals surface area contributed by atoms with Gasteiger partial charge < -0.3 is 15.0 Å². The number of hydrogen-bond acceptors (Lipinski definition) is 3. The zero-order chi connectivity index (χ0) is 19.3. The topological polar surface area (TPSA) is 58.6 Å². The SMILES string of the molecule is CC(=O)N(CC(=O)Nc1ccc(OC(C)C)cc1)c1cc(C)ccc1C. The Hall–Kier alpha value is -2.82. The highest BCUT2D eigenvalue weighted by Crippen LogP contribution is 2.22. The van der Waals surface area contributed by atoms with Crippen LogP contribution in [0.1, 0.15) is 31.9 Å². The molecule has 5 heteroatoms. The third-order valence-corrected chi connectivity index (χ3v) is 3.85. The molecule has 0 atom stereocenters. The molecule has 0 bridgehead atoms. The molecule has 0 heterocycles. The number of carbonyl (C=O) groups is 2. The van der Waals surface area contributed by atoms with Crippen molar-refractivity contribution in [2.24, 2.45) is 0 Å². The largest absolute Gasteiger partial charge is 0.491 e. The maximum absolute atomic E-state index is 12.4. The van der Waals surface area contributed by atoms with Gasteiger partial charge in [0.05, 0.1) is 6.10 Å². The van der Waals surface area contributed by atoms with Gasteiger partial charge in [-0.2, -0.15) is 0 Å². The summed E-state index contributed by atoms with van der Waals surface area (Å²) in [4.78, 5) is 26.0. The summed E-state index contributed by atoms with van der Waals surface area (Å²) in [5, 5.41) is 2.82.